The number of alkyl halides is 9. The molecule has 0 radical (unpaired) electrons. The van der Waals surface area contributed by atoms with Crippen molar-refractivity contribution < 1.29 is 51.6 Å². The Morgan fingerprint density at radius 3 is 1.28 bits per heavy atom. The van der Waals surface area contributed by atoms with Crippen molar-refractivity contribution in [3.8, 4) is 0 Å². The third-order valence-corrected chi connectivity index (χ3v) is 3.16. The van der Waals surface area contributed by atoms with Crippen LogP contribution in [0.15, 0.2) is 0 Å². The maximum absolute atomic E-state index is 12.6. The van der Waals surface area contributed by atoms with Gasteiger partial charge in [0.25, 0.3) is 0 Å². The fourth-order valence-corrected chi connectivity index (χ4v) is 1.24. The molecule has 0 amide bonds. The van der Waals surface area contributed by atoms with Crippen LogP contribution in [0.2, 0.25) is 0 Å². The Hall–Kier alpha value is -0.240. The van der Waals surface area contributed by atoms with Gasteiger partial charge in [-0.2, -0.15) is 47.7 Å². The van der Waals surface area contributed by atoms with Crippen molar-refractivity contribution in [2.75, 3.05) is 0 Å². The Balaban J connectivity index is 5.93. The van der Waals surface area contributed by atoms with E-state index in [0.29, 0.717) is 15.9 Å². The zero-order valence-corrected chi connectivity index (χ0v) is 9.82. The average Bonchev–Trinajstić information content (AvgIpc) is 1.92. The third-order valence-electron chi connectivity index (χ3n) is 1.39. The SMILES string of the molecule is O=S(=O)(F)OC(F)(F)C(Br)(C(F)(F)F)C(F)(F)F. The maximum Gasteiger partial charge on any atom is 0.442 e. The van der Waals surface area contributed by atoms with Gasteiger partial charge >= 0.3 is 33.3 Å². The van der Waals surface area contributed by atoms with Gasteiger partial charge in [-0.15, -0.1) is 0 Å². The lowest BCUT2D eigenvalue weighted by Crippen LogP contribution is -2.64. The Kier molecular flexibility index (Phi) is 4.34. The fraction of sp³-hybridized carbons (Fsp3) is 1.00. The van der Waals surface area contributed by atoms with E-state index in [1.807, 2.05) is 4.18 Å². The lowest BCUT2D eigenvalue weighted by Gasteiger charge is -2.35. The van der Waals surface area contributed by atoms with Crippen LogP contribution in [0.25, 0.3) is 0 Å². The maximum atomic E-state index is 12.6. The summed E-state index contributed by atoms with van der Waals surface area (Å²) in [6, 6.07) is 0. The highest BCUT2D eigenvalue weighted by Gasteiger charge is 2.83. The summed E-state index contributed by atoms with van der Waals surface area (Å²) >= 11 is 0.645. The first-order valence-electron chi connectivity index (χ1n) is 3.31. The minimum atomic E-state index is -6.77. The molecule has 3 nitrogen and oxygen atoms in total. The lowest BCUT2D eigenvalue weighted by atomic mass is 10.1. The van der Waals surface area contributed by atoms with E-state index >= 15 is 0 Å². The topological polar surface area (TPSA) is 43.4 Å². The molecule has 0 fully saturated rings. The van der Waals surface area contributed by atoms with Crippen LogP contribution in [0.3, 0.4) is 0 Å². The monoisotopic (exact) mass is 378 g/mol. The van der Waals surface area contributed by atoms with Crippen LogP contribution in [-0.4, -0.2) is 31.2 Å². The normalized spacial score (nSPS) is 15.9. The van der Waals surface area contributed by atoms with E-state index < -0.39 is 33.3 Å². The first-order valence-corrected chi connectivity index (χ1v) is 5.41. The summed E-state index contributed by atoms with van der Waals surface area (Å²) < 4.78 is 124. The first-order chi connectivity index (χ1) is 7.46. The van der Waals surface area contributed by atoms with Crippen LogP contribution >= 0.6 is 15.9 Å². The van der Waals surface area contributed by atoms with E-state index in [9.17, 15) is 47.4 Å². The number of halogens is 10. The number of hydrogen-bond donors (Lipinski definition) is 0. The summed E-state index contributed by atoms with van der Waals surface area (Å²) in [5.74, 6) is 0. The van der Waals surface area contributed by atoms with Gasteiger partial charge in [0.1, 0.15) is 0 Å². The summed E-state index contributed by atoms with van der Waals surface area (Å²) in [4.78, 5) is 0. The van der Waals surface area contributed by atoms with Gasteiger partial charge in [-0.25, -0.2) is 0 Å². The van der Waals surface area contributed by atoms with Gasteiger partial charge in [0, 0.05) is 0 Å². The molecule has 0 aliphatic carbocycles. The van der Waals surface area contributed by atoms with Crippen LogP contribution in [-0.2, 0) is 14.7 Å². The summed E-state index contributed by atoms with van der Waals surface area (Å²) in [6.07, 6.45) is -19.9. The molecule has 0 spiro atoms. The zero-order valence-electron chi connectivity index (χ0n) is 7.41. The summed E-state index contributed by atoms with van der Waals surface area (Å²) in [7, 11) is -6.77. The van der Waals surface area contributed by atoms with Crippen LogP contribution < -0.4 is 0 Å². The molecule has 0 unspecified atom stereocenters. The van der Waals surface area contributed by atoms with E-state index in [0.717, 1.165) is 0 Å². The minimum absolute atomic E-state index is 0.645. The second kappa shape index (κ2) is 4.40. The summed E-state index contributed by atoms with van der Waals surface area (Å²) in [6.45, 7) is 0. The molecule has 0 bridgehead atoms. The molecule has 0 aromatic rings. The molecule has 0 saturated heterocycles. The van der Waals surface area contributed by atoms with Crippen LogP contribution in [0.4, 0.5) is 39.0 Å². The summed E-state index contributed by atoms with van der Waals surface area (Å²) in [5, 5.41) is 0. The Bertz CT molecular complexity index is 395. The highest BCUT2D eigenvalue weighted by molar-refractivity contribution is 9.10. The van der Waals surface area contributed by atoms with Crippen molar-refractivity contribution >= 4 is 26.4 Å². The Morgan fingerprint density at radius 1 is 0.833 bits per heavy atom. The molecule has 14 heteroatoms. The van der Waals surface area contributed by atoms with Gasteiger partial charge in [0.2, 0.25) is 0 Å². The van der Waals surface area contributed by atoms with E-state index in [-0.39, 0.29) is 0 Å². The second-order valence-corrected chi connectivity index (χ2v) is 4.79. The van der Waals surface area contributed by atoms with Gasteiger partial charge in [-0.1, -0.05) is 19.8 Å². The lowest BCUT2D eigenvalue weighted by molar-refractivity contribution is -0.354. The second-order valence-electron chi connectivity index (χ2n) is 2.65. The number of rotatable bonds is 3. The predicted octanol–water partition coefficient (Wildman–Crippen LogP) is 3.07. The Labute approximate surface area is 101 Å². The van der Waals surface area contributed by atoms with Crippen LogP contribution in [0, 0.1) is 0 Å². The molecule has 18 heavy (non-hydrogen) atoms. The molecule has 0 atom stereocenters. The fourth-order valence-electron chi connectivity index (χ4n) is 0.673. The molecule has 110 valence electrons. The van der Waals surface area contributed by atoms with Crippen molar-refractivity contribution in [1.29, 1.82) is 0 Å². The molecular formula is C4BrF9O3S. The number of hydrogen-bond acceptors (Lipinski definition) is 3. The zero-order chi connectivity index (χ0) is 15.2. The molecule has 0 N–H and O–H groups in total. The largest absolute Gasteiger partial charge is 0.442 e. The molecule has 0 aromatic heterocycles. The van der Waals surface area contributed by atoms with Crippen molar-refractivity contribution in [2.45, 2.75) is 22.8 Å². The Morgan fingerprint density at radius 2 is 1.11 bits per heavy atom. The molecule has 0 aromatic carbocycles. The van der Waals surface area contributed by atoms with Crippen LogP contribution in [0.5, 0.6) is 0 Å². The first kappa shape index (κ1) is 17.8. The molecule has 0 rings (SSSR count). The van der Waals surface area contributed by atoms with Gasteiger partial charge in [0.15, 0.2) is 0 Å². The van der Waals surface area contributed by atoms with Gasteiger partial charge < -0.3 is 0 Å². The van der Waals surface area contributed by atoms with Crippen molar-refractivity contribution in [2.24, 2.45) is 0 Å². The van der Waals surface area contributed by atoms with E-state index in [1.165, 1.54) is 0 Å². The van der Waals surface area contributed by atoms with Crippen molar-refractivity contribution in [3.05, 3.63) is 0 Å². The van der Waals surface area contributed by atoms with Crippen molar-refractivity contribution in [1.82, 2.24) is 0 Å². The van der Waals surface area contributed by atoms with E-state index in [1.54, 1.807) is 0 Å². The third kappa shape index (κ3) is 3.20. The minimum Gasteiger partial charge on any atom is -0.172 e. The average molecular weight is 379 g/mol. The standard InChI is InChI=1S/C4BrF9O3S/c5-1(2(6,7)8,3(9,10)11)4(12,13)17-18(14,15)16. The van der Waals surface area contributed by atoms with Crippen molar-refractivity contribution in [3.63, 3.8) is 0 Å². The molecular weight excluding hydrogens is 379 g/mol. The molecule has 0 aliphatic rings. The van der Waals surface area contributed by atoms with Gasteiger partial charge in [-0.05, 0) is 0 Å². The van der Waals surface area contributed by atoms with Gasteiger partial charge in [-0.3, -0.25) is 0 Å². The summed E-state index contributed by atoms with van der Waals surface area (Å²) in [5.41, 5.74) is 0. The highest BCUT2D eigenvalue weighted by Crippen LogP contribution is 2.58. The predicted molar refractivity (Wildman–Crippen MR) is 39.8 cm³/mol. The molecule has 0 aliphatic heterocycles. The van der Waals surface area contributed by atoms with Gasteiger partial charge in [0.05, 0.1) is 0 Å². The highest BCUT2D eigenvalue weighted by atomic mass is 79.9. The van der Waals surface area contributed by atoms with Crippen LogP contribution in [0.1, 0.15) is 0 Å². The van der Waals surface area contributed by atoms with E-state index in [2.05, 4.69) is 0 Å². The van der Waals surface area contributed by atoms with E-state index in [4.69, 9.17) is 0 Å². The quantitative estimate of drug-likeness (QED) is 0.430. The smallest absolute Gasteiger partial charge is 0.172 e. The molecule has 0 heterocycles. The molecule has 0 saturated carbocycles.